The molecule has 0 saturated heterocycles. The van der Waals surface area contributed by atoms with Crippen molar-refractivity contribution in [2.24, 2.45) is 5.92 Å². The fourth-order valence-electron chi connectivity index (χ4n) is 4.72. The van der Waals surface area contributed by atoms with Crippen molar-refractivity contribution in [2.45, 2.75) is 58.0 Å². The standard InChI is InChI=1S/C26H28F6N4/c1-2-36(16-17-7-3-4-8-17)24-23(34-21-9-5-6-10-22(21)35-24)15-33-14-18-11-19(25(27,28)29)13-20(12-18)26(30,31)32/h5-6,9-13,17,33H,2-4,7-8,14-16H2,1H3. The minimum atomic E-state index is -4.88. The van der Waals surface area contributed by atoms with Crippen LogP contribution in [0.5, 0.6) is 0 Å². The van der Waals surface area contributed by atoms with Gasteiger partial charge < -0.3 is 10.2 Å². The molecule has 1 aliphatic rings. The van der Waals surface area contributed by atoms with Gasteiger partial charge in [0, 0.05) is 26.2 Å². The average molecular weight is 511 g/mol. The third-order valence-corrected chi connectivity index (χ3v) is 6.53. The minimum absolute atomic E-state index is 0.106. The summed E-state index contributed by atoms with van der Waals surface area (Å²) >= 11 is 0. The first-order valence-corrected chi connectivity index (χ1v) is 12.0. The molecule has 2 aromatic carbocycles. The maximum atomic E-state index is 13.2. The topological polar surface area (TPSA) is 41.1 Å². The third kappa shape index (κ3) is 6.27. The number of benzene rings is 2. The molecule has 4 rings (SSSR count). The van der Waals surface area contributed by atoms with Crippen molar-refractivity contribution in [1.29, 1.82) is 0 Å². The molecule has 0 aliphatic heterocycles. The quantitative estimate of drug-likeness (QED) is 0.332. The Labute approximate surface area is 205 Å². The SMILES string of the molecule is CCN(CC1CCCC1)c1nc2ccccc2nc1CNCc1cc(C(F)(F)F)cc(C(F)(F)F)c1. The molecule has 194 valence electrons. The van der Waals surface area contributed by atoms with E-state index < -0.39 is 23.5 Å². The number of aromatic nitrogens is 2. The monoisotopic (exact) mass is 510 g/mol. The highest BCUT2D eigenvalue weighted by Gasteiger charge is 2.36. The van der Waals surface area contributed by atoms with Crippen LogP contribution in [0.1, 0.15) is 55.0 Å². The van der Waals surface area contributed by atoms with E-state index >= 15 is 0 Å². The Morgan fingerprint density at radius 1 is 0.861 bits per heavy atom. The van der Waals surface area contributed by atoms with Gasteiger partial charge in [-0.05, 0) is 61.6 Å². The molecular weight excluding hydrogens is 482 g/mol. The molecule has 3 aromatic rings. The van der Waals surface area contributed by atoms with Gasteiger partial charge >= 0.3 is 12.4 Å². The molecule has 1 aromatic heterocycles. The van der Waals surface area contributed by atoms with Crippen molar-refractivity contribution >= 4 is 16.9 Å². The Balaban J connectivity index is 1.59. The van der Waals surface area contributed by atoms with Gasteiger partial charge in [0.05, 0.1) is 27.9 Å². The molecule has 36 heavy (non-hydrogen) atoms. The van der Waals surface area contributed by atoms with Gasteiger partial charge in [0.15, 0.2) is 5.82 Å². The van der Waals surface area contributed by atoms with E-state index in [1.165, 1.54) is 12.8 Å². The lowest BCUT2D eigenvalue weighted by atomic mass is 10.0. The van der Waals surface area contributed by atoms with Crippen LogP contribution in [-0.2, 0) is 25.4 Å². The van der Waals surface area contributed by atoms with Gasteiger partial charge in [-0.3, -0.25) is 0 Å². The van der Waals surface area contributed by atoms with Crippen LogP contribution in [-0.4, -0.2) is 23.1 Å². The summed E-state index contributed by atoms with van der Waals surface area (Å²) in [6.07, 6.45) is -5.04. The van der Waals surface area contributed by atoms with Gasteiger partial charge in [0.2, 0.25) is 0 Å². The molecule has 0 atom stereocenters. The molecule has 1 aliphatic carbocycles. The zero-order chi connectivity index (χ0) is 25.9. The summed E-state index contributed by atoms with van der Waals surface area (Å²) in [6.45, 7) is 3.53. The van der Waals surface area contributed by atoms with E-state index in [2.05, 4.69) is 10.2 Å². The molecular formula is C26H28F6N4. The summed E-state index contributed by atoms with van der Waals surface area (Å²) in [5, 5.41) is 2.99. The predicted octanol–water partition coefficient (Wildman–Crippen LogP) is 6.97. The van der Waals surface area contributed by atoms with E-state index in [1.54, 1.807) is 0 Å². The van der Waals surface area contributed by atoms with Crippen LogP contribution in [0.3, 0.4) is 0 Å². The first-order valence-electron chi connectivity index (χ1n) is 12.0. The van der Waals surface area contributed by atoms with Gasteiger partial charge in [-0.15, -0.1) is 0 Å². The van der Waals surface area contributed by atoms with E-state index in [4.69, 9.17) is 9.97 Å². The summed E-state index contributed by atoms with van der Waals surface area (Å²) in [7, 11) is 0. The molecule has 0 amide bonds. The van der Waals surface area contributed by atoms with Crippen LogP contribution in [0, 0.1) is 5.92 Å². The molecule has 4 nitrogen and oxygen atoms in total. The number of alkyl halides is 6. The van der Waals surface area contributed by atoms with Crippen LogP contribution in [0.25, 0.3) is 11.0 Å². The molecule has 0 spiro atoms. The van der Waals surface area contributed by atoms with Crippen molar-refractivity contribution in [3.05, 3.63) is 64.8 Å². The lowest BCUT2D eigenvalue weighted by molar-refractivity contribution is -0.143. The number of fused-ring (bicyclic) bond motifs is 1. The van der Waals surface area contributed by atoms with Crippen molar-refractivity contribution in [1.82, 2.24) is 15.3 Å². The Morgan fingerprint density at radius 3 is 2.00 bits per heavy atom. The number of rotatable bonds is 8. The molecule has 1 fully saturated rings. The molecule has 1 N–H and O–H groups in total. The van der Waals surface area contributed by atoms with Gasteiger partial charge in [-0.1, -0.05) is 25.0 Å². The molecule has 1 heterocycles. The van der Waals surface area contributed by atoms with E-state index in [-0.39, 0.29) is 24.7 Å². The van der Waals surface area contributed by atoms with Crippen LogP contribution in [0.4, 0.5) is 32.2 Å². The van der Waals surface area contributed by atoms with Crippen molar-refractivity contribution in [3.63, 3.8) is 0 Å². The Morgan fingerprint density at radius 2 is 1.44 bits per heavy atom. The van der Waals surface area contributed by atoms with E-state index in [0.29, 0.717) is 29.5 Å². The lowest BCUT2D eigenvalue weighted by Gasteiger charge is -2.27. The number of nitrogens with zero attached hydrogens (tertiary/aromatic N) is 3. The van der Waals surface area contributed by atoms with Crippen LogP contribution in [0.2, 0.25) is 0 Å². The molecule has 0 bridgehead atoms. The number of anilines is 1. The second kappa shape index (κ2) is 10.6. The fourth-order valence-corrected chi connectivity index (χ4v) is 4.72. The van der Waals surface area contributed by atoms with E-state index in [9.17, 15) is 26.3 Å². The smallest absolute Gasteiger partial charge is 0.355 e. The number of nitrogens with one attached hydrogen (secondary N) is 1. The van der Waals surface area contributed by atoms with Crippen LogP contribution >= 0.6 is 0 Å². The summed E-state index contributed by atoms with van der Waals surface area (Å²) in [4.78, 5) is 11.7. The Hall–Kier alpha value is -2.88. The summed E-state index contributed by atoms with van der Waals surface area (Å²) < 4.78 is 79.2. The Kier molecular flexibility index (Phi) is 7.73. The molecule has 0 radical (unpaired) electrons. The third-order valence-electron chi connectivity index (χ3n) is 6.53. The Bertz CT molecular complexity index is 1150. The summed E-state index contributed by atoms with van der Waals surface area (Å²) in [5.41, 5.74) is -0.743. The zero-order valence-electron chi connectivity index (χ0n) is 19.9. The highest BCUT2D eigenvalue weighted by atomic mass is 19.4. The van der Waals surface area contributed by atoms with E-state index in [1.807, 2.05) is 31.2 Å². The summed E-state index contributed by atoms with van der Waals surface area (Å²) in [6, 6.07) is 9.03. The highest BCUT2D eigenvalue weighted by Crippen LogP contribution is 2.36. The van der Waals surface area contributed by atoms with Crippen LogP contribution in [0.15, 0.2) is 42.5 Å². The average Bonchev–Trinajstić information content (AvgIpc) is 3.34. The first-order chi connectivity index (χ1) is 17.0. The second-order valence-corrected chi connectivity index (χ2v) is 9.19. The van der Waals surface area contributed by atoms with E-state index in [0.717, 1.165) is 37.0 Å². The van der Waals surface area contributed by atoms with Gasteiger partial charge in [-0.25, -0.2) is 9.97 Å². The molecule has 10 heteroatoms. The van der Waals surface area contributed by atoms with Gasteiger partial charge in [-0.2, -0.15) is 26.3 Å². The number of hydrogen-bond acceptors (Lipinski definition) is 4. The van der Waals surface area contributed by atoms with Crippen molar-refractivity contribution < 1.29 is 26.3 Å². The summed E-state index contributed by atoms with van der Waals surface area (Å²) in [5.74, 6) is 1.25. The number of para-hydroxylation sites is 2. The lowest BCUT2D eigenvalue weighted by Crippen LogP contribution is -2.31. The molecule has 1 saturated carbocycles. The normalized spacial score (nSPS) is 15.1. The predicted molar refractivity (Wildman–Crippen MR) is 126 cm³/mol. The maximum absolute atomic E-state index is 13.2. The van der Waals surface area contributed by atoms with Crippen molar-refractivity contribution in [2.75, 3.05) is 18.0 Å². The number of hydrogen-bond donors (Lipinski definition) is 1. The van der Waals surface area contributed by atoms with Gasteiger partial charge in [0.1, 0.15) is 0 Å². The van der Waals surface area contributed by atoms with Gasteiger partial charge in [0.25, 0.3) is 0 Å². The van der Waals surface area contributed by atoms with Crippen LogP contribution < -0.4 is 10.2 Å². The highest BCUT2D eigenvalue weighted by molar-refractivity contribution is 5.76. The minimum Gasteiger partial charge on any atom is -0.355 e. The largest absolute Gasteiger partial charge is 0.416 e. The fraction of sp³-hybridized carbons (Fsp3) is 0.462. The maximum Gasteiger partial charge on any atom is 0.416 e. The second-order valence-electron chi connectivity index (χ2n) is 9.19. The number of halogens is 6. The van der Waals surface area contributed by atoms with Crippen molar-refractivity contribution in [3.8, 4) is 0 Å². The molecule has 0 unspecified atom stereocenters. The first kappa shape index (κ1) is 26.2. The zero-order valence-corrected chi connectivity index (χ0v) is 19.9.